The summed E-state index contributed by atoms with van der Waals surface area (Å²) in [5.41, 5.74) is 10.8. The van der Waals surface area contributed by atoms with E-state index in [9.17, 15) is 0 Å². The highest BCUT2D eigenvalue weighted by Gasteiger charge is 2.15. The molecule has 0 radical (unpaired) electrons. The van der Waals surface area contributed by atoms with Crippen LogP contribution in [0.15, 0.2) is 147 Å². The van der Waals surface area contributed by atoms with E-state index in [2.05, 4.69) is 9.97 Å². The van der Waals surface area contributed by atoms with Gasteiger partial charge in [0.2, 0.25) is 17.7 Å². The first-order valence-electron chi connectivity index (χ1n) is 14.5. The highest BCUT2D eigenvalue weighted by atomic mass is 16.4. The van der Waals surface area contributed by atoms with Crippen molar-refractivity contribution in [3.05, 3.63) is 133 Å². The van der Waals surface area contributed by atoms with Crippen molar-refractivity contribution < 1.29 is 13.3 Å². The maximum Gasteiger partial charge on any atom is 0.227 e. The molecule has 7 nitrogen and oxygen atoms in total. The van der Waals surface area contributed by atoms with Gasteiger partial charge in [-0.25, -0.2) is 19.9 Å². The fraction of sp³-hybridized carbons (Fsp3) is 0. The molecule has 0 aliphatic heterocycles. The lowest BCUT2D eigenvalue weighted by Gasteiger charge is -2.09. The lowest BCUT2D eigenvalue weighted by molar-refractivity contribution is 0.619. The number of nitrogens with zero attached hydrogens (tertiary/aromatic N) is 4. The number of hydrogen-bond donors (Lipinski definition) is 0. The van der Waals surface area contributed by atoms with Crippen molar-refractivity contribution >= 4 is 33.3 Å². The summed E-state index contributed by atoms with van der Waals surface area (Å²) < 4.78 is 18.1. The molecule has 4 heterocycles. The second kappa shape index (κ2) is 10.1. The van der Waals surface area contributed by atoms with E-state index in [1.807, 2.05) is 133 Å². The second-order valence-electron chi connectivity index (χ2n) is 10.7. The third-order valence-electron chi connectivity index (χ3n) is 7.81. The van der Waals surface area contributed by atoms with E-state index < -0.39 is 0 Å². The summed E-state index contributed by atoms with van der Waals surface area (Å²) in [6.45, 7) is 0. The molecule has 0 bridgehead atoms. The Kier molecular flexibility index (Phi) is 5.67. The number of pyridine rings is 1. The van der Waals surface area contributed by atoms with E-state index >= 15 is 0 Å². The molecule has 0 saturated carbocycles. The molecule has 7 heteroatoms. The number of fused-ring (bicyclic) bond motifs is 3. The molecule has 4 aromatic heterocycles. The van der Waals surface area contributed by atoms with Gasteiger partial charge in [-0.15, -0.1) is 0 Å². The molecule has 9 aromatic rings. The Bertz CT molecular complexity index is 2250. The van der Waals surface area contributed by atoms with Crippen molar-refractivity contribution in [2.45, 2.75) is 0 Å². The summed E-state index contributed by atoms with van der Waals surface area (Å²) in [5, 5.41) is 0. The minimum absolute atomic E-state index is 0.535. The summed E-state index contributed by atoms with van der Waals surface area (Å²) in [6.07, 6.45) is 0. The zero-order chi connectivity index (χ0) is 29.7. The average molecular weight is 583 g/mol. The second-order valence-corrected chi connectivity index (χ2v) is 10.7. The first kappa shape index (κ1) is 25.2. The summed E-state index contributed by atoms with van der Waals surface area (Å²) >= 11 is 0. The van der Waals surface area contributed by atoms with Gasteiger partial charge in [0.05, 0.1) is 11.4 Å². The van der Waals surface area contributed by atoms with Gasteiger partial charge in [-0.05, 0) is 72.8 Å². The Morgan fingerprint density at radius 3 is 1.02 bits per heavy atom. The SMILES string of the molecule is c1ccc2oc(-c3ccc(-c4cc(-c5nc6ccccc6o5)cc(-c5ccc(-c6nc7ccccc7o6)cc5)n4)cc3)nc2c1. The van der Waals surface area contributed by atoms with Crippen LogP contribution in [0.5, 0.6) is 0 Å². The van der Waals surface area contributed by atoms with E-state index in [0.717, 1.165) is 72.5 Å². The van der Waals surface area contributed by atoms with E-state index in [0.29, 0.717) is 17.7 Å². The minimum atomic E-state index is 0.535. The zero-order valence-corrected chi connectivity index (χ0v) is 23.7. The largest absolute Gasteiger partial charge is 0.436 e. The first-order chi connectivity index (χ1) is 22.2. The van der Waals surface area contributed by atoms with Crippen molar-refractivity contribution in [3.8, 4) is 56.9 Å². The fourth-order valence-electron chi connectivity index (χ4n) is 5.50. The molecular weight excluding hydrogens is 560 g/mol. The average Bonchev–Trinajstić information content (AvgIpc) is 3.85. The van der Waals surface area contributed by atoms with Crippen LogP contribution in [0.4, 0.5) is 0 Å². The van der Waals surface area contributed by atoms with Crippen molar-refractivity contribution in [2.24, 2.45) is 0 Å². The van der Waals surface area contributed by atoms with E-state index in [4.69, 9.17) is 23.2 Å². The van der Waals surface area contributed by atoms with Crippen LogP contribution in [0.25, 0.3) is 90.2 Å². The Balaban J connectivity index is 1.12. The molecular formula is C38H22N4O3. The molecule has 0 aliphatic carbocycles. The molecule has 45 heavy (non-hydrogen) atoms. The highest BCUT2D eigenvalue weighted by molar-refractivity contribution is 5.81. The topological polar surface area (TPSA) is 91.0 Å². The lowest BCUT2D eigenvalue weighted by atomic mass is 10.0. The molecule has 9 rings (SSSR count). The van der Waals surface area contributed by atoms with Crippen molar-refractivity contribution in [3.63, 3.8) is 0 Å². The monoisotopic (exact) mass is 582 g/mol. The van der Waals surface area contributed by atoms with Gasteiger partial charge in [0.1, 0.15) is 16.6 Å². The normalized spacial score (nSPS) is 11.6. The van der Waals surface area contributed by atoms with Crippen LogP contribution in [0.1, 0.15) is 0 Å². The molecule has 212 valence electrons. The summed E-state index contributed by atoms with van der Waals surface area (Å²) in [4.78, 5) is 19.1. The summed E-state index contributed by atoms with van der Waals surface area (Å²) in [6, 6.07) is 43.4. The molecule has 0 fully saturated rings. The Morgan fingerprint density at radius 1 is 0.311 bits per heavy atom. The Hall–Kier alpha value is -6.34. The number of benzene rings is 5. The van der Waals surface area contributed by atoms with Crippen LogP contribution in [-0.2, 0) is 0 Å². The molecule has 0 unspecified atom stereocenters. The van der Waals surface area contributed by atoms with Gasteiger partial charge >= 0.3 is 0 Å². The first-order valence-corrected chi connectivity index (χ1v) is 14.5. The standard InChI is InChI=1S/C38H22N4O3/c1-4-10-33-28(7-1)40-36(43-33)25-17-13-23(14-18-25)31-21-27(38-42-30-9-3-6-12-35(30)45-38)22-32(39-31)24-15-19-26(20-16-24)37-41-29-8-2-5-11-34(29)44-37/h1-22H. The van der Waals surface area contributed by atoms with Gasteiger partial charge in [-0.1, -0.05) is 60.7 Å². The number of oxazole rings is 3. The summed E-state index contributed by atoms with van der Waals surface area (Å²) in [5.74, 6) is 1.69. The number of rotatable bonds is 5. The zero-order valence-electron chi connectivity index (χ0n) is 23.7. The molecule has 0 saturated heterocycles. The fourth-order valence-corrected chi connectivity index (χ4v) is 5.50. The smallest absolute Gasteiger partial charge is 0.227 e. The molecule has 0 N–H and O–H groups in total. The van der Waals surface area contributed by atoms with E-state index in [1.54, 1.807) is 0 Å². The Morgan fingerprint density at radius 2 is 0.644 bits per heavy atom. The van der Waals surface area contributed by atoms with Gasteiger partial charge in [-0.2, -0.15) is 0 Å². The molecule has 0 aliphatic rings. The van der Waals surface area contributed by atoms with Crippen LogP contribution < -0.4 is 0 Å². The third kappa shape index (κ3) is 4.54. The van der Waals surface area contributed by atoms with Crippen molar-refractivity contribution in [2.75, 3.05) is 0 Å². The van der Waals surface area contributed by atoms with E-state index in [1.165, 1.54) is 0 Å². The van der Waals surface area contributed by atoms with Crippen LogP contribution in [0.3, 0.4) is 0 Å². The van der Waals surface area contributed by atoms with Gasteiger partial charge in [0.15, 0.2) is 16.7 Å². The van der Waals surface area contributed by atoms with Crippen LogP contribution in [-0.4, -0.2) is 19.9 Å². The van der Waals surface area contributed by atoms with Gasteiger partial charge in [0, 0.05) is 27.8 Å². The van der Waals surface area contributed by atoms with Crippen LogP contribution >= 0.6 is 0 Å². The maximum atomic E-state index is 6.17. The van der Waals surface area contributed by atoms with Gasteiger partial charge < -0.3 is 13.3 Å². The molecule has 0 amide bonds. The highest BCUT2D eigenvalue weighted by Crippen LogP contribution is 2.34. The lowest BCUT2D eigenvalue weighted by Crippen LogP contribution is -1.92. The molecule has 5 aromatic carbocycles. The number of para-hydroxylation sites is 6. The minimum Gasteiger partial charge on any atom is -0.436 e. The maximum absolute atomic E-state index is 6.17. The number of hydrogen-bond acceptors (Lipinski definition) is 7. The van der Waals surface area contributed by atoms with E-state index in [-0.39, 0.29) is 0 Å². The van der Waals surface area contributed by atoms with Crippen LogP contribution in [0, 0.1) is 0 Å². The predicted octanol–water partition coefficient (Wildman–Crippen LogP) is 9.84. The third-order valence-corrected chi connectivity index (χ3v) is 7.81. The number of aromatic nitrogens is 4. The van der Waals surface area contributed by atoms with Crippen LogP contribution in [0.2, 0.25) is 0 Å². The van der Waals surface area contributed by atoms with Gasteiger partial charge in [0.25, 0.3) is 0 Å². The van der Waals surface area contributed by atoms with Gasteiger partial charge in [-0.3, -0.25) is 0 Å². The van der Waals surface area contributed by atoms with Crippen molar-refractivity contribution in [1.82, 2.24) is 19.9 Å². The molecule has 0 spiro atoms. The Labute approximate surface area is 256 Å². The summed E-state index contributed by atoms with van der Waals surface area (Å²) in [7, 11) is 0. The predicted molar refractivity (Wildman–Crippen MR) is 174 cm³/mol. The van der Waals surface area contributed by atoms with Crippen molar-refractivity contribution in [1.29, 1.82) is 0 Å². The molecule has 0 atom stereocenters. The quantitative estimate of drug-likeness (QED) is 0.199.